The number of ether oxygens (including phenoxy) is 1. The van der Waals surface area contributed by atoms with Gasteiger partial charge in [0.25, 0.3) is 5.91 Å². The van der Waals surface area contributed by atoms with Gasteiger partial charge in [-0.05, 0) is 45.0 Å². The van der Waals surface area contributed by atoms with Crippen LogP contribution >= 0.6 is 15.9 Å². The maximum atomic E-state index is 12.7. The number of halogens is 1. The summed E-state index contributed by atoms with van der Waals surface area (Å²) in [6, 6.07) is 8.65. The molecule has 6 nitrogen and oxygen atoms in total. The number of hydrogen-bond donors (Lipinski definition) is 1. The lowest BCUT2D eigenvalue weighted by Crippen LogP contribution is -2.26. The van der Waals surface area contributed by atoms with Crippen LogP contribution in [0.1, 0.15) is 40.4 Å². The Labute approximate surface area is 166 Å². The summed E-state index contributed by atoms with van der Waals surface area (Å²) < 4.78 is 6.62. The highest BCUT2D eigenvalue weighted by molar-refractivity contribution is 9.10. The van der Waals surface area contributed by atoms with E-state index >= 15 is 0 Å². The van der Waals surface area contributed by atoms with Crippen LogP contribution in [0.4, 0.5) is 0 Å². The molecule has 1 amide bonds. The zero-order chi connectivity index (χ0) is 19.4. The van der Waals surface area contributed by atoms with Gasteiger partial charge in [0, 0.05) is 46.0 Å². The average Bonchev–Trinajstić information content (AvgIpc) is 2.61. The average molecular weight is 427 g/mol. The summed E-state index contributed by atoms with van der Waals surface area (Å²) in [5.41, 5.74) is 2.19. The molecule has 138 valence electrons. The first kappa shape index (κ1) is 19.0. The van der Waals surface area contributed by atoms with Crippen LogP contribution in [0.3, 0.4) is 0 Å². The van der Waals surface area contributed by atoms with E-state index in [9.17, 15) is 4.79 Å². The number of aromatic nitrogens is 3. The van der Waals surface area contributed by atoms with E-state index in [-0.39, 0.29) is 11.9 Å². The summed E-state index contributed by atoms with van der Waals surface area (Å²) in [5, 5.41) is 2.95. The lowest BCUT2D eigenvalue weighted by Gasteiger charge is -2.15. The van der Waals surface area contributed by atoms with Gasteiger partial charge in [0.2, 0.25) is 0 Å². The first-order valence-electron chi connectivity index (χ1n) is 8.41. The van der Waals surface area contributed by atoms with E-state index in [2.05, 4.69) is 36.2 Å². The standard InChI is InChI=1S/C20H19BrN4O2/c1-12-6-18(4-5-22-12)27-19-8-15(7-17(21)9-19)20(26)25-13(2)16-10-23-14(3)24-11-16/h4-11,13H,1-3H3,(H,25,26)/t13-/m1/s1. The molecule has 0 radical (unpaired) electrons. The fraction of sp³-hybridized carbons (Fsp3) is 0.200. The number of carbonyl (C=O) groups excluding carboxylic acids is 1. The van der Waals surface area contributed by atoms with Gasteiger partial charge in [0.05, 0.1) is 6.04 Å². The Kier molecular flexibility index (Phi) is 5.81. The van der Waals surface area contributed by atoms with Crippen molar-refractivity contribution >= 4 is 21.8 Å². The Morgan fingerprint density at radius 3 is 2.52 bits per heavy atom. The van der Waals surface area contributed by atoms with Gasteiger partial charge in [-0.15, -0.1) is 0 Å². The summed E-state index contributed by atoms with van der Waals surface area (Å²) in [5.74, 6) is 1.71. The van der Waals surface area contributed by atoms with Crippen LogP contribution < -0.4 is 10.1 Å². The zero-order valence-corrected chi connectivity index (χ0v) is 16.8. The highest BCUT2D eigenvalue weighted by Crippen LogP contribution is 2.27. The van der Waals surface area contributed by atoms with Crippen LogP contribution in [-0.4, -0.2) is 20.9 Å². The van der Waals surface area contributed by atoms with Crippen molar-refractivity contribution in [3.8, 4) is 11.5 Å². The van der Waals surface area contributed by atoms with Crippen LogP contribution in [0.2, 0.25) is 0 Å². The second-order valence-electron chi connectivity index (χ2n) is 6.17. The molecule has 0 aliphatic carbocycles. The minimum atomic E-state index is -0.218. The summed E-state index contributed by atoms with van der Waals surface area (Å²) in [7, 11) is 0. The zero-order valence-electron chi connectivity index (χ0n) is 15.2. The minimum absolute atomic E-state index is 0.208. The van der Waals surface area contributed by atoms with Crippen LogP contribution in [0.25, 0.3) is 0 Å². The maximum Gasteiger partial charge on any atom is 0.251 e. The Morgan fingerprint density at radius 1 is 1.07 bits per heavy atom. The van der Waals surface area contributed by atoms with E-state index in [1.165, 1.54) is 0 Å². The van der Waals surface area contributed by atoms with Crippen molar-refractivity contribution in [2.24, 2.45) is 0 Å². The van der Waals surface area contributed by atoms with Crippen LogP contribution in [0, 0.1) is 13.8 Å². The van der Waals surface area contributed by atoms with Gasteiger partial charge in [-0.3, -0.25) is 9.78 Å². The second kappa shape index (κ2) is 8.26. The molecule has 7 heteroatoms. The Morgan fingerprint density at radius 2 is 1.81 bits per heavy atom. The van der Waals surface area contributed by atoms with E-state index in [0.717, 1.165) is 15.7 Å². The first-order valence-corrected chi connectivity index (χ1v) is 9.20. The van der Waals surface area contributed by atoms with E-state index in [1.807, 2.05) is 32.9 Å². The van der Waals surface area contributed by atoms with E-state index in [4.69, 9.17) is 4.74 Å². The van der Waals surface area contributed by atoms with Gasteiger partial charge in [0.1, 0.15) is 17.3 Å². The quantitative estimate of drug-likeness (QED) is 0.647. The normalized spacial score (nSPS) is 11.7. The monoisotopic (exact) mass is 426 g/mol. The Balaban J connectivity index is 1.76. The molecule has 0 aliphatic heterocycles. The number of hydrogen-bond acceptors (Lipinski definition) is 5. The number of pyridine rings is 1. The number of amides is 1. The van der Waals surface area contributed by atoms with E-state index in [0.29, 0.717) is 22.9 Å². The highest BCUT2D eigenvalue weighted by atomic mass is 79.9. The summed E-state index contributed by atoms with van der Waals surface area (Å²) in [6.45, 7) is 5.60. The van der Waals surface area contributed by atoms with Crippen molar-refractivity contribution in [2.75, 3.05) is 0 Å². The number of benzene rings is 1. The number of rotatable bonds is 5. The number of nitrogens with zero attached hydrogens (tertiary/aromatic N) is 3. The second-order valence-corrected chi connectivity index (χ2v) is 7.09. The van der Waals surface area contributed by atoms with Crippen LogP contribution in [0.5, 0.6) is 11.5 Å². The molecule has 0 spiro atoms. The Hall–Kier alpha value is -2.80. The fourth-order valence-electron chi connectivity index (χ4n) is 2.46. The molecule has 2 heterocycles. The van der Waals surface area contributed by atoms with Gasteiger partial charge < -0.3 is 10.1 Å². The topological polar surface area (TPSA) is 77.0 Å². The Bertz CT molecular complexity index is 960. The van der Waals surface area contributed by atoms with Crippen molar-refractivity contribution in [3.63, 3.8) is 0 Å². The number of carbonyl (C=O) groups is 1. The van der Waals surface area contributed by atoms with Crippen molar-refractivity contribution in [2.45, 2.75) is 26.8 Å². The largest absolute Gasteiger partial charge is 0.457 e. The third-order valence-corrected chi connectivity index (χ3v) is 4.34. The summed E-state index contributed by atoms with van der Waals surface area (Å²) >= 11 is 3.44. The molecule has 27 heavy (non-hydrogen) atoms. The molecule has 1 aromatic carbocycles. The van der Waals surface area contributed by atoms with Gasteiger partial charge >= 0.3 is 0 Å². The van der Waals surface area contributed by atoms with Gasteiger partial charge in [-0.25, -0.2) is 9.97 Å². The molecule has 0 fully saturated rings. The predicted molar refractivity (Wildman–Crippen MR) is 106 cm³/mol. The number of nitrogens with one attached hydrogen (secondary N) is 1. The molecule has 0 aliphatic rings. The van der Waals surface area contributed by atoms with Crippen LogP contribution in [-0.2, 0) is 0 Å². The molecule has 3 aromatic rings. The predicted octanol–water partition coefficient (Wildman–Crippen LogP) is 4.53. The molecule has 0 bridgehead atoms. The summed E-state index contributed by atoms with van der Waals surface area (Å²) in [6.07, 6.45) is 5.12. The number of aryl methyl sites for hydroxylation is 2. The molecule has 1 atom stereocenters. The van der Waals surface area contributed by atoms with Crippen molar-refractivity contribution < 1.29 is 9.53 Å². The van der Waals surface area contributed by atoms with Gasteiger partial charge in [-0.1, -0.05) is 15.9 Å². The molecule has 2 aromatic heterocycles. The third-order valence-electron chi connectivity index (χ3n) is 3.89. The molecule has 0 saturated carbocycles. The molecule has 1 N–H and O–H groups in total. The van der Waals surface area contributed by atoms with Crippen LogP contribution in [0.15, 0.2) is 53.4 Å². The van der Waals surface area contributed by atoms with Crippen molar-refractivity contribution in [3.05, 3.63) is 76.0 Å². The SMILES string of the molecule is Cc1cc(Oc2cc(Br)cc(C(=O)N[C@H](C)c3cnc(C)nc3)c2)ccn1. The molecular formula is C20H19BrN4O2. The summed E-state index contributed by atoms with van der Waals surface area (Å²) in [4.78, 5) is 25.2. The van der Waals surface area contributed by atoms with Gasteiger partial charge in [-0.2, -0.15) is 0 Å². The smallest absolute Gasteiger partial charge is 0.251 e. The van der Waals surface area contributed by atoms with Crippen molar-refractivity contribution in [1.82, 2.24) is 20.3 Å². The van der Waals surface area contributed by atoms with Gasteiger partial charge in [0.15, 0.2) is 0 Å². The molecule has 0 saturated heterocycles. The highest BCUT2D eigenvalue weighted by Gasteiger charge is 2.14. The molecule has 3 rings (SSSR count). The third kappa shape index (κ3) is 5.10. The maximum absolute atomic E-state index is 12.7. The first-order chi connectivity index (χ1) is 12.9. The minimum Gasteiger partial charge on any atom is -0.457 e. The fourth-order valence-corrected chi connectivity index (χ4v) is 2.93. The van der Waals surface area contributed by atoms with E-state index in [1.54, 1.807) is 36.8 Å². The van der Waals surface area contributed by atoms with E-state index < -0.39 is 0 Å². The lowest BCUT2D eigenvalue weighted by molar-refractivity contribution is 0.0939. The molecular weight excluding hydrogens is 408 g/mol. The lowest BCUT2D eigenvalue weighted by atomic mass is 10.1. The molecule has 0 unspecified atom stereocenters. The van der Waals surface area contributed by atoms with Crippen molar-refractivity contribution in [1.29, 1.82) is 0 Å².